The number of nitrogens with zero attached hydrogens (tertiary/aromatic N) is 3. The zero-order chi connectivity index (χ0) is 16.7. The summed E-state index contributed by atoms with van der Waals surface area (Å²) in [6.45, 7) is 5.95. The molecule has 0 atom stereocenters. The van der Waals surface area contributed by atoms with Gasteiger partial charge in [0.05, 0.1) is 11.1 Å². The third-order valence-electron chi connectivity index (χ3n) is 4.10. The van der Waals surface area contributed by atoms with Gasteiger partial charge in [-0.1, -0.05) is 19.8 Å². The minimum absolute atomic E-state index is 0.0498. The first-order chi connectivity index (χ1) is 11.1. The number of carbonyl (C=O) groups is 2. The Bertz CT molecular complexity index is 539. The van der Waals surface area contributed by atoms with Gasteiger partial charge in [-0.15, -0.1) is 0 Å². The van der Waals surface area contributed by atoms with Gasteiger partial charge in [0.15, 0.2) is 0 Å². The molecule has 1 aromatic heterocycles. The van der Waals surface area contributed by atoms with E-state index in [4.69, 9.17) is 0 Å². The zero-order valence-corrected chi connectivity index (χ0v) is 14.0. The third-order valence-corrected chi connectivity index (χ3v) is 4.10. The summed E-state index contributed by atoms with van der Waals surface area (Å²) in [4.78, 5) is 32.7. The first-order valence-corrected chi connectivity index (χ1v) is 8.33. The number of amides is 2. The standard InChI is InChI=1S/C17H26N4O2/c1-3-4-5-6-19-16(22)14-11-15(13-18-12-14)17(23)21-9-7-20(2)8-10-21/h11-13H,3-10H2,1-2H3,(H,19,22). The first-order valence-electron chi connectivity index (χ1n) is 8.33. The van der Waals surface area contributed by atoms with Gasteiger partial charge < -0.3 is 15.1 Å². The Balaban J connectivity index is 1.96. The number of likely N-dealkylation sites (N-methyl/N-ethyl adjacent to an activating group) is 1. The summed E-state index contributed by atoms with van der Waals surface area (Å²) in [5, 5.41) is 2.87. The fourth-order valence-corrected chi connectivity index (χ4v) is 2.55. The van der Waals surface area contributed by atoms with E-state index in [-0.39, 0.29) is 11.8 Å². The maximum Gasteiger partial charge on any atom is 0.255 e. The predicted molar refractivity (Wildman–Crippen MR) is 89.5 cm³/mol. The lowest BCUT2D eigenvalue weighted by atomic mass is 10.1. The van der Waals surface area contributed by atoms with E-state index < -0.39 is 0 Å². The average Bonchev–Trinajstić information content (AvgIpc) is 2.59. The molecule has 1 fully saturated rings. The van der Waals surface area contributed by atoms with Crippen molar-refractivity contribution in [2.75, 3.05) is 39.8 Å². The van der Waals surface area contributed by atoms with Crippen molar-refractivity contribution in [1.29, 1.82) is 0 Å². The van der Waals surface area contributed by atoms with Crippen molar-refractivity contribution in [1.82, 2.24) is 20.1 Å². The van der Waals surface area contributed by atoms with E-state index >= 15 is 0 Å². The van der Waals surface area contributed by atoms with Crippen molar-refractivity contribution in [3.05, 3.63) is 29.6 Å². The summed E-state index contributed by atoms with van der Waals surface area (Å²) < 4.78 is 0. The largest absolute Gasteiger partial charge is 0.352 e. The van der Waals surface area contributed by atoms with E-state index in [1.165, 1.54) is 12.4 Å². The molecule has 1 N–H and O–H groups in total. The Morgan fingerprint density at radius 3 is 2.52 bits per heavy atom. The first kappa shape index (κ1) is 17.4. The van der Waals surface area contributed by atoms with Crippen LogP contribution in [-0.2, 0) is 0 Å². The van der Waals surface area contributed by atoms with Gasteiger partial charge >= 0.3 is 0 Å². The molecule has 1 aromatic rings. The van der Waals surface area contributed by atoms with Crippen molar-refractivity contribution in [2.45, 2.75) is 26.2 Å². The highest BCUT2D eigenvalue weighted by atomic mass is 16.2. The Labute approximate surface area is 137 Å². The molecule has 0 saturated carbocycles. The van der Waals surface area contributed by atoms with Crippen LogP contribution in [0, 0.1) is 0 Å². The number of hydrogen-bond acceptors (Lipinski definition) is 4. The molecule has 6 heteroatoms. The van der Waals surface area contributed by atoms with Gasteiger partial charge in [0.2, 0.25) is 0 Å². The minimum atomic E-state index is -0.165. The van der Waals surface area contributed by atoms with E-state index in [1.807, 2.05) is 11.9 Å². The van der Waals surface area contributed by atoms with Crippen molar-refractivity contribution in [3.8, 4) is 0 Å². The van der Waals surface area contributed by atoms with Crippen molar-refractivity contribution in [3.63, 3.8) is 0 Å². The molecule has 1 saturated heterocycles. The van der Waals surface area contributed by atoms with E-state index in [9.17, 15) is 9.59 Å². The van der Waals surface area contributed by atoms with Crippen LogP contribution < -0.4 is 5.32 Å². The molecule has 0 spiro atoms. The van der Waals surface area contributed by atoms with Crippen LogP contribution in [0.1, 0.15) is 46.9 Å². The Kier molecular flexibility index (Phi) is 6.52. The fourth-order valence-electron chi connectivity index (χ4n) is 2.55. The summed E-state index contributed by atoms with van der Waals surface area (Å²) in [6.07, 6.45) is 6.23. The van der Waals surface area contributed by atoms with Crippen LogP contribution in [0.5, 0.6) is 0 Å². The quantitative estimate of drug-likeness (QED) is 0.805. The predicted octanol–water partition coefficient (Wildman–Crippen LogP) is 1.39. The molecule has 0 unspecified atom stereocenters. The van der Waals surface area contributed by atoms with Crippen LogP contribution in [-0.4, -0.2) is 66.4 Å². The SMILES string of the molecule is CCCCCNC(=O)c1cncc(C(=O)N2CCN(C)CC2)c1. The van der Waals surface area contributed by atoms with Crippen LogP contribution in [0.3, 0.4) is 0 Å². The van der Waals surface area contributed by atoms with Crippen LogP contribution >= 0.6 is 0 Å². The van der Waals surface area contributed by atoms with Crippen LogP contribution in [0.4, 0.5) is 0 Å². The molecule has 126 valence electrons. The second-order valence-electron chi connectivity index (χ2n) is 6.02. The van der Waals surface area contributed by atoms with Gasteiger partial charge in [-0.3, -0.25) is 14.6 Å². The number of carbonyl (C=O) groups excluding carboxylic acids is 2. The topological polar surface area (TPSA) is 65.5 Å². The molecule has 0 aromatic carbocycles. The molecule has 1 aliphatic rings. The number of pyridine rings is 1. The molecule has 23 heavy (non-hydrogen) atoms. The highest BCUT2D eigenvalue weighted by molar-refractivity contribution is 5.99. The van der Waals surface area contributed by atoms with Crippen LogP contribution in [0.25, 0.3) is 0 Å². The number of nitrogens with one attached hydrogen (secondary N) is 1. The van der Waals surface area contributed by atoms with E-state index in [0.29, 0.717) is 30.8 Å². The van der Waals surface area contributed by atoms with Gasteiger partial charge in [0.25, 0.3) is 11.8 Å². The molecule has 2 heterocycles. The monoisotopic (exact) mass is 318 g/mol. The Hall–Kier alpha value is -1.95. The van der Waals surface area contributed by atoms with Crippen molar-refractivity contribution >= 4 is 11.8 Å². The third kappa shape index (κ3) is 5.03. The lowest BCUT2D eigenvalue weighted by Crippen LogP contribution is -2.47. The number of unbranched alkanes of at least 4 members (excludes halogenated alkanes) is 2. The molecule has 2 rings (SSSR count). The lowest BCUT2D eigenvalue weighted by molar-refractivity contribution is 0.0663. The van der Waals surface area contributed by atoms with Gasteiger partial charge in [-0.25, -0.2) is 0 Å². The van der Waals surface area contributed by atoms with E-state index in [1.54, 1.807) is 6.07 Å². The highest BCUT2D eigenvalue weighted by Crippen LogP contribution is 2.09. The van der Waals surface area contributed by atoms with Crippen molar-refractivity contribution < 1.29 is 9.59 Å². The smallest absolute Gasteiger partial charge is 0.255 e. The molecular weight excluding hydrogens is 292 g/mol. The summed E-state index contributed by atoms with van der Waals surface area (Å²) in [7, 11) is 2.05. The maximum absolute atomic E-state index is 12.5. The molecule has 6 nitrogen and oxygen atoms in total. The van der Waals surface area contributed by atoms with Crippen LogP contribution in [0.15, 0.2) is 18.5 Å². The van der Waals surface area contributed by atoms with E-state index in [2.05, 4.69) is 22.1 Å². The molecule has 0 aliphatic carbocycles. The number of hydrogen-bond donors (Lipinski definition) is 1. The molecule has 1 aliphatic heterocycles. The van der Waals surface area contributed by atoms with Gasteiger partial charge in [0.1, 0.15) is 0 Å². The average molecular weight is 318 g/mol. The summed E-state index contributed by atoms with van der Waals surface area (Å²) in [5.41, 5.74) is 0.928. The lowest BCUT2D eigenvalue weighted by Gasteiger charge is -2.32. The Morgan fingerprint density at radius 2 is 1.83 bits per heavy atom. The molecule has 0 radical (unpaired) electrons. The maximum atomic E-state index is 12.5. The second kappa shape index (κ2) is 8.62. The van der Waals surface area contributed by atoms with Gasteiger partial charge in [0, 0.05) is 45.1 Å². The second-order valence-corrected chi connectivity index (χ2v) is 6.02. The highest BCUT2D eigenvalue weighted by Gasteiger charge is 2.21. The summed E-state index contributed by atoms with van der Waals surface area (Å²) >= 11 is 0. The summed E-state index contributed by atoms with van der Waals surface area (Å²) in [5.74, 6) is -0.215. The molecule has 2 amide bonds. The summed E-state index contributed by atoms with van der Waals surface area (Å²) in [6, 6.07) is 1.64. The Morgan fingerprint density at radius 1 is 1.13 bits per heavy atom. The van der Waals surface area contributed by atoms with E-state index in [0.717, 1.165) is 32.4 Å². The van der Waals surface area contributed by atoms with Crippen molar-refractivity contribution in [2.24, 2.45) is 0 Å². The number of aromatic nitrogens is 1. The number of rotatable bonds is 6. The van der Waals surface area contributed by atoms with Crippen LogP contribution in [0.2, 0.25) is 0 Å². The molecular formula is C17H26N4O2. The van der Waals surface area contributed by atoms with Gasteiger partial charge in [-0.2, -0.15) is 0 Å². The normalized spacial score (nSPS) is 15.5. The zero-order valence-electron chi connectivity index (χ0n) is 14.0. The number of piperazine rings is 1. The van der Waals surface area contributed by atoms with Gasteiger partial charge in [-0.05, 0) is 19.5 Å². The molecule has 0 bridgehead atoms. The minimum Gasteiger partial charge on any atom is -0.352 e. The fraction of sp³-hybridized carbons (Fsp3) is 0.588.